The van der Waals surface area contributed by atoms with Gasteiger partial charge in [0.25, 0.3) is 0 Å². The van der Waals surface area contributed by atoms with Gasteiger partial charge in [0.15, 0.2) is 0 Å². The standard InChI is InChI=1S/C23H32N2O2/c1-16-7-6-10-23(2)14-21-18(13-20(16)23)19(22(26)27-21)15-25(3)12-9-17-8-4-5-11-24-17/h4-5,8,11,18-21H,1,6-7,9-10,12-15H2,2-3H3/t18-,19?,20?,21-,23-/m1/s1. The molecule has 0 aromatic carbocycles. The summed E-state index contributed by atoms with van der Waals surface area (Å²) in [4.78, 5) is 19.3. The zero-order valence-electron chi connectivity index (χ0n) is 16.7. The van der Waals surface area contributed by atoms with Gasteiger partial charge >= 0.3 is 5.97 Å². The van der Waals surface area contributed by atoms with Crippen LogP contribution in [0, 0.1) is 23.2 Å². The van der Waals surface area contributed by atoms with Crippen molar-refractivity contribution < 1.29 is 9.53 Å². The van der Waals surface area contributed by atoms with Gasteiger partial charge in [-0.2, -0.15) is 0 Å². The number of pyridine rings is 1. The molecular weight excluding hydrogens is 336 g/mol. The van der Waals surface area contributed by atoms with Gasteiger partial charge in [0.2, 0.25) is 0 Å². The molecule has 2 aliphatic carbocycles. The van der Waals surface area contributed by atoms with Crippen LogP contribution in [0.5, 0.6) is 0 Å². The Morgan fingerprint density at radius 1 is 1.41 bits per heavy atom. The highest BCUT2D eigenvalue weighted by molar-refractivity contribution is 5.75. The van der Waals surface area contributed by atoms with Crippen LogP contribution >= 0.6 is 0 Å². The Morgan fingerprint density at radius 3 is 3.04 bits per heavy atom. The summed E-state index contributed by atoms with van der Waals surface area (Å²) >= 11 is 0. The lowest BCUT2D eigenvalue weighted by atomic mass is 9.55. The van der Waals surface area contributed by atoms with Gasteiger partial charge in [-0.1, -0.05) is 25.1 Å². The number of likely N-dealkylation sites (N-methyl/N-ethyl adjacent to an activating group) is 1. The number of ether oxygens (including phenoxy) is 1. The van der Waals surface area contributed by atoms with Crippen LogP contribution in [0.1, 0.15) is 44.7 Å². The SMILES string of the molecule is C=C1CCC[C@]2(C)C[C@H]3OC(=O)C(CN(C)CCc4ccccn4)[C@H]3CC12. The maximum Gasteiger partial charge on any atom is 0.310 e. The number of hydrogen-bond donors (Lipinski definition) is 0. The summed E-state index contributed by atoms with van der Waals surface area (Å²) in [7, 11) is 2.11. The van der Waals surface area contributed by atoms with E-state index in [2.05, 4.69) is 36.5 Å². The van der Waals surface area contributed by atoms with Crippen LogP contribution in [-0.2, 0) is 16.0 Å². The van der Waals surface area contributed by atoms with E-state index in [1.807, 2.05) is 18.3 Å². The largest absolute Gasteiger partial charge is 0.462 e. The van der Waals surface area contributed by atoms with Crippen LogP contribution < -0.4 is 0 Å². The Kier molecular flexibility index (Phi) is 5.11. The molecule has 0 N–H and O–H groups in total. The maximum absolute atomic E-state index is 12.7. The number of aromatic nitrogens is 1. The molecule has 4 nitrogen and oxygen atoms in total. The number of carbonyl (C=O) groups excluding carboxylic acids is 1. The average molecular weight is 369 g/mol. The molecule has 2 heterocycles. The highest BCUT2D eigenvalue weighted by atomic mass is 16.6. The summed E-state index contributed by atoms with van der Waals surface area (Å²) in [6, 6.07) is 6.03. The van der Waals surface area contributed by atoms with Crippen LogP contribution in [0.2, 0.25) is 0 Å². The monoisotopic (exact) mass is 368 g/mol. The second-order valence-electron chi connectivity index (χ2n) is 9.24. The molecule has 0 radical (unpaired) electrons. The summed E-state index contributed by atoms with van der Waals surface area (Å²) in [5.74, 6) is 0.927. The molecule has 2 unspecified atom stereocenters. The van der Waals surface area contributed by atoms with Crippen molar-refractivity contribution in [2.75, 3.05) is 20.1 Å². The lowest BCUT2D eigenvalue weighted by Gasteiger charge is -2.50. The smallest absolute Gasteiger partial charge is 0.310 e. The van der Waals surface area contributed by atoms with Gasteiger partial charge in [-0.05, 0) is 62.6 Å². The molecule has 1 aromatic rings. The molecule has 5 atom stereocenters. The molecule has 1 saturated heterocycles. The van der Waals surface area contributed by atoms with Gasteiger partial charge in [0.1, 0.15) is 6.10 Å². The van der Waals surface area contributed by atoms with Crippen molar-refractivity contribution in [3.8, 4) is 0 Å². The highest BCUT2D eigenvalue weighted by Crippen LogP contribution is 2.56. The fraction of sp³-hybridized carbons (Fsp3) is 0.652. The van der Waals surface area contributed by atoms with Gasteiger partial charge in [0.05, 0.1) is 5.92 Å². The van der Waals surface area contributed by atoms with E-state index in [1.165, 1.54) is 18.4 Å². The van der Waals surface area contributed by atoms with Crippen LogP contribution in [0.4, 0.5) is 0 Å². The first-order chi connectivity index (χ1) is 13.0. The van der Waals surface area contributed by atoms with Crippen LogP contribution in [0.25, 0.3) is 0 Å². The topological polar surface area (TPSA) is 42.4 Å². The summed E-state index contributed by atoms with van der Waals surface area (Å²) in [5.41, 5.74) is 2.78. The second kappa shape index (κ2) is 7.38. The Balaban J connectivity index is 1.40. The minimum absolute atomic E-state index is 0.00279. The van der Waals surface area contributed by atoms with Gasteiger partial charge in [-0.25, -0.2) is 0 Å². The molecule has 0 bridgehead atoms. The second-order valence-corrected chi connectivity index (χ2v) is 9.24. The third kappa shape index (κ3) is 3.69. The first kappa shape index (κ1) is 18.7. The normalized spacial score (nSPS) is 35.7. The van der Waals surface area contributed by atoms with Crippen molar-refractivity contribution in [3.63, 3.8) is 0 Å². The van der Waals surface area contributed by atoms with E-state index < -0.39 is 0 Å². The number of allylic oxidation sites excluding steroid dienone is 1. The molecule has 3 aliphatic rings. The van der Waals surface area contributed by atoms with Gasteiger partial charge in [0, 0.05) is 37.3 Å². The number of fused-ring (bicyclic) bond motifs is 2. The number of rotatable bonds is 5. The summed E-state index contributed by atoms with van der Waals surface area (Å²) in [6.45, 7) is 8.46. The van der Waals surface area contributed by atoms with Crippen molar-refractivity contribution in [3.05, 3.63) is 42.2 Å². The van der Waals surface area contributed by atoms with Crippen molar-refractivity contribution in [1.82, 2.24) is 9.88 Å². The highest BCUT2D eigenvalue weighted by Gasteiger charge is 2.55. The fourth-order valence-electron chi connectivity index (χ4n) is 5.74. The molecule has 0 spiro atoms. The molecule has 1 aromatic heterocycles. The van der Waals surface area contributed by atoms with E-state index >= 15 is 0 Å². The maximum atomic E-state index is 12.7. The van der Waals surface area contributed by atoms with Crippen molar-refractivity contribution >= 4 is 5.97 Å². The Bertz CT molecular complexity index is 704. The first-order valence-electron chi connectivity index (χ1n) is 10.4. The van der Waals surface area contributed by atoms with E-state index in [0.717, 1.165) is 44.5 Å². The lowest BCUT2D eigenvalue weighted by Crippen LogP contribution is -2.45. The predicted molar refractivity (Wildman–Crippen MR) is 106 cm³/mol. The Labute approximate surface area is 163 Å². The lowest BCUT2D eigenvalue weighted by molar-refractivity contribution is -0.146. The molecular formula is C23H32N2O2. The third-order valence-corrected chi connectivity index (χ3v) is 7.30. The van der Waals surface area contributed by atoms with E-state index in [9.17, 15) is 4.79 Å². The van der Waals surface area contributed by atoms with E-state index in [4.69, 9.17) is 4.74 Å². The number of carbonyl (C=O) groups is 1. The fourth-order valence-corrected chi connectivity index (χ4v) is 5.74. The van der Waals surface area contributed by atoms with Crippen molar-refractivity contribution in [1.29, 1.82) is 0 Å². The van der Waals surface area contributed by atoms with E-state index in [1.54, 1.807) is 0 Å². The molecule has 3 fully saturated rings. The number of esters is 1. The van der Waals surface area contributed by atoms with Crippen LogP contribution in [0.3, 0.4) is 0 Å². The van der Waals surface area contributed by atoms with Crippen LogP contribution in [-0.4, -0.2) is 42.1 Å². The molecule has 4 rings (SSSR count). The summed E-state index contributed by atoms with van der Waals surface area (Å²) in [6.07, 6.45) is 8.57. The molecule has 1 aliphatic heterocycles. The zero-order valence-corrected chi connectivity index (χ0v) is 16.7. The zero-order chi connectivity index (χ0) is 19.0. The van der Waals surface area contributed by atoms with Crippen LogP contribution in [0.15, 0.2) is 36.5 Å². The van der Waals surface area contributed by atoms with Crippen molar-refractivity contribution in [2.24, 2.45) is 23.2 Å². The molecule has 146 valence electrons. The first-order valence-corrected chi connectivity index (χ1v) is 10.4. The minimum Gasteiger partial charge on any atom is -0.462 e. The molecule has 4 heteroatoms. The number of hydrogen-bond acceptors (Lipinski definition) is 4. The molecule has 2 saturated carbocycles. The van der Waals surface area contributed by atoms with Crippen molar-refractivity contribution in [2.45, 2.75) is 51.6 Å². The third-order valence-electron chi connectivity index (χ3n) is 7.30. The van der Waals surface area contributed by atoms with Gasteiger partial charge in [-0.15, -0.1) is 0 Å². The average Bonchev–Trinajstić information content (AvgIpc) is 2.93. The Hall–Kier alpha value is -1.68. The minimum atomic E-state index is 0.00279. The van der Waals surface area contributed by atoms with Gasteiger partial charge < -0.3 is 9.64 Å². The quantitative estimate of drug-likeness (QED) is 0.584. The number of nitrogens with zero attached hydrogens (tertiary/aromatic N) is 2. The predicted octanol–water partition coefficient (Wildman–Crippen LogP) is 3.87. The molecule has 0 amide bonds. The Morgan fingerprint density at radius 2 is 2.26 bits per heavy atom. The van der Waals surface area contributed by atoms with E-state index in [0.29, 0.717) is 11.8 Å². The summed E-state index contributed by atoms with van der Waals surface area (Å²) < 4.78 is 5.88. The van der Waals surface area contributed by atoms with Gasteiger partial charge in [-0.3, -0.25) is 9.78 Å². The summed E-state index contributed by atoms with van der Waals surface area (Å²) in [5, 5.41) is 0. The van der Waals surface area contributed by atoms with E-state index in [-0.39, 0.29) is 23.4 Å². The molecule has 27 heavy (non-hydrogen) atoms.